The van der Waals surface area contributed by atoms with Crippen LogP contribution >= 0.6 is 11.6 Å². The molecule has 0 aliphatic carbocycles. The Morgan fingerprint density at radius 3 is 2.59 bits per heavy atom. The summed E-state index contributed by atoms with van der Waals surface area (Å²) in [5.74, 6) is 2.65. The number of aromatic nitrogens is 1. The van der Waals surface area contributed by atoms with Crippen LogP contribution < -0.4 is 9.64 Å². The molecule has 7 heteroatoms. The number of oxazole rings is 1. The largest absolute Gasteiger partial charge is 0.486 e. The summed E-state index contributed by atoms with van der Waals surface area (Å²) < 4.78 is 17.3. The minimum atomic E-state index is 0.270. The SMILES string of the molecule is N#Cc1nc(-c2ccc(COc3ccc(Cl)cc3)o2)oc1N1CCCCC1. The molecule has 0 atom stereocenters. The molecule has 27 heavy (non-hydrogen) atoms. The van der Waals surface area contributed by atoms with Crippen LogP contribution in [0.15, 0.2) is 45.2 Å². The third kappa shape index (κ3) is 3.93. The standard InChI is InChI=1S/C20H18ClN3O3/c21-14-4-6-15(7-5-14)25-13-16-8-9-18(26-16)19-23-17(12-22)20(27-19)24-10-2-1-3-11-24/h4-9H,1-3,10-11,13H2. The highest BCUT2D eigenvalue weighted by Gasteiger charge is 2.23. The second-order valence-corrected chi connectivity index (χ2v) is 6.78. The minimum absolute atomic E-state index is 0.270. The highest BCUT2D eigenvalue weighted by atomic mass is 35.5. The van der Waals surface area contributed by atoms with Gasteiger partial charge in [-0.1, -0.05) is 11.6 Å². The fourth-order valence-corrected chi connectivity index (χ4v) is 3.18. The van der Waals surface area contributed by atoms with Gasteiger partial charge in [-0.05, 0) is 55.7 Å². The highest BCUT2D eigenvalue weighted by Crippen LogP contribution is 2.31. The first-order valence-corrected chi connectivity index (χ1v) is 9.24. The van der Waals surface area contributed by atoms with Crippen molar-refractivity contribution in [1.29, 1.82) is 5.26 Å². The van der Waals surface area contributed by atoms with E-state index in [-0.39, 0.29) is 6.61 Å². The lowest BCUT2D eigenvalue weighted by Crippen LogP contribution is -2.29. The molecule has 138 valence electrons. The van der Waals surface area contributed by atoms with E-state index in [0.29, 0.717) is 39.8 Å². The van der Waals surface area contributed by atoms with Crippen LogP contribution in [0.5, 0.6) is 5.75 Å². The Morgan fingerprint density at radius 2 is 1.85 bits per heavy atom. The number of nitriles is 1. The van der Waals surface area contributed by atoms with Crippen LogP contribution in [0.2, 0.25) is 5.02 Å². The Morgan fingerprint density at radius 1 is 1.07 bits per heavy atom. The van der Waals surface area contributed by atoms with E-state index < -0.39 is 0 Å². The molecular weight excluding hydrogens is 366 g/mol. The van der Waals surface area contributed by atoms with E-state index in [4.69, 9.17) is 25.2 Å². The lowest BCUT2D eigenvalue weighted by molar-refractivity contribution is 0.271. The fraction of sp³-hybridized carbons (Fsp3) is 0.300. The van der Waals surface area contributed by atoms with Crippen molar-refractivity contribution in [2.75, 3.05) is 18.0 Å². The molecule has 1 aromatic carbocycles. The zero-order valence-corrected chi connectivity index (χ0v) is 15.4. The number of benzene rings is 1. The quantitative estimate of drug-likeness (QED) is 0.615. The van der Waals surface area contributed by atoms with Gasteiger partial charge in [0.2, 0.25) is 11.6 Å². The third-order valence-corrected chi connectivity index (χ3v) is 4.68. The zero-order valence-electron chi connectivity index (χ0n) is 14.7. The molecule has 3 aromatic rings. The van der Waals surface area contributed by atoms with Crippen molar-refractivity contribution in [3.8, 4) is 23.5 Å². The van der Waals surface area contributed by atoms with E-state index in [2.05, 4.69) is 16.0 Å². The maximum Gasteiger partial charge on any atom is 0.266 e. The second kappa shape index (κ2) is 7.77. The number of nitrogens with zero attached hydrogens (tertiary/aromatic N) is 3. The van der Waals surface area contributed by atoms with Crippen LogP contribution in [0.4, 0.5) is 5.88 Å². The number of halogens is 1. The molecule has 6 nitrogen and oxygen atoms in total. The van der Waals surface area contributed by atoms with Gasteiger partial charge < -0.3 is 18.5 Å². The smallest absolute Gasteiger partial charge is 0.266 e. The van der Waals surface area contributed by atoms with Crippen LogP contribution in [0.25, 0.3) is 11.7 Å². The van der Waals surface area contributed by atoms with Gasteiger partial charge in [0, 0.05) is 18.1 Å². The minimum Gasteiger partial charge on any atom is -0.486 e. The molecule has 4 rings (SSSR count). The van der Waals surface area contributed by atoms with Crippen molar-refractivity contribution in [2.45, 2.75) is 25.9 Å². The van der Waals surface area contributed by atoms with Crippen LogP contribution in [0.3, 0.4) is 0 Å². The molecule has 0 radical (unpaired) electrons. The number of ether oxygens (including phenoxy) is 1. The van der Waals surface area contributed by atoms with Gasteiger partial charge in [-0.25, -0.2) is 0 Å². The first kappa shape index (κ1) is 17.5. The highest BCUT2D eigenvalue weighted by molar-refractivity contribution is 6.30. The van der Waals surface area contributed by atoms with E-state index in [1.54, 1.807) is 30.3 Å². The van der Waals surface area contributed by atoms with Crippen LogP contribution in [0, 0.1) is 11.3 Å². The normalized spacial score (nSPS) is 14.1. The van der Waals surface area contributed by atoms with Crippen LogP contribution in [0.1, 0.15) is 30.7 Å². The predicted molar refractivity (Wildman–Crippen MR) is 101 cm³/mol. The van der Waals surface area contributed by atoms with Crippen molar-refractivity contribution in [2.24, 2.45) is 0 Å². The maximum atomic E-state index is 9.39. The van der Waals surface area contributed by atoms with E-state index in [1.807, 2.05) is 6.07 Å². The molecule has 3 heterocycles. The summed E-state index contributed by atoms with van der Waals surface area (Å²) in [5, 5.41) is 10.0. The molecule has 0 saturated carbocycles. The maximum absolute atomic E-state index is 9.39. The van der Waals surface area contributed by atoms with E-state index in [1.165, 1.54) is 6.42 Å². The van der Waals surface area contributed by atoms with Gasteiger partial charge in [-0.3, -0.25) is 0 Å². The number of piperidine rings is 1. The van der Waals surface area contributed by atoms with Crippen molar-refractivity contribution >= 4 is 17.5 Å². The Hall–Kier alpha value is -2.91. The molecule has 0 unspecified atom stereocenters. The lowest BCUT2D eigenvalue weighted by atomic mass is 10.1. The number of furan rings is 1. The lowest BCUT2D eigenvalue weighted by Gasteiger charge is -2.25. The van der Waals surface area contributed by atoms with Gasteiger partial charge in [-0.15, -0.1) is 0 Å². The molecule has 0 spiro atoms. The summed E-state index contributed by atoms with van der Waals surface area (Å²) in [6.45, 7) is 2.02. The van der Waals surface area contributed by atoms with Crippen molar-refractivity contribution in [3.63, 3.8) is 0 Å². The number of anilines is 1. The fourth-order valence-electron chi connectivity index (χ4n) is 3.06. The van der Waals surface area contributed by atoms with E-state index in [9.17, 15) is 5.26 Å². The van der Waals surface area contributed by atoms with Crippen molar-refractivity contribution in [3.05, 3.63) is 52.9 Å². The topological polar surface area (TPSA) is 75.4 Å². The summed E-state index contributed by atoms with van der Waals surface area (Å²) in [4.78, 5) is 6.37. The molecule has 1 saturated heterocycles. The van der Waals surface area contributed by atoms with Crippen molar-refractivity contribution < 1.29 is 13.6 Å². The number of rotatable bonds is 5. The Bertz CT molecular complexity index is 950. The summed E-state index contributed by atoms with van der Waals surface area (Å²) in [6.07, 6.45) is 3.39. The molecule has 2 aromatic heterocycles. The Kier molecular flexibility index (Phi) is 5.03. The average molecular weight is 384 g/mol. The summed E-state index contributed by atoms with van der Waals surface area (Å²) >= 11 is 5.86. The second-order valence-electron chi connectivity index (χ2n) is 6.34. The summed E-state index contributed by atoms with van der Waals surface area (Å²) in [5.41, 5.74) is 0.294. The monoisotopic (exact) mass is 383 g/mol. The molecule has 1 aliphatic rings. The zero-order chi connectivity index (χ0) is 18.6. The summed E-state index contributed by atoms with van der Waals surface area (Å²) in [6, 6.07) is 12.8. The molecule has 0 N–H and O–H groups in total. The van der Waals surface area contributed by atoms with Gasteiger partial charge in [-0.2, -0.15) is 10.2 Å². The molecular formula is C20H18ClN3O3. The summed E-state index contributed by atoms with van der Waals surface area (Å²) in [7, 11) is 0. The van der Waals surface area contributed by atoms with E-state index >= 15 is 0 Å². The predicted octanol–water partition coefficient (Wildman–Crippen LogP) is 5.03. The number of hydrogen-bond donors (Lipinski definition) is 0. The van der Waals surface area contributed by atoms with Gasteiger partial charge in [0.25, 0.3) is 5.89 Å². The average Bonchev–Trinajstić information content (AvgIpc) is 3.35. The molecule has 1 aliphatic heterocycles. The van der Waals surface area contributed by atoms with Crippen molar-refractivity contribution in [1.82, 2.24) is 4.98 Å². The van der Waals surface area contributed by atoms with Gasteiger partial charge >= 0.3 is 0 Å². The molecule has 1 fully saturated rings. The Labute approximate surface area is 161 Å². The first-order valence-electron chi connectivity index (χ1n) is 8.86. The third-order valence-electron chi connectivity index (χ3n) is 4.43. The molecule has 0 amide bonds. The first-order chi connectivity index (χ1) is 13.2. The van der Waals surface area contributed by atoms with Gasteiger partial charge in [0.05, 0.1) is 0 Å². The van der Waals surface area contributed by atoms with Gasteiger partial charge in [0.1, 0.15) is 24.2 Å². The van der Waals surface area contributed by atoms with E-state index in [0.717, 1.165) is 25.9 Å². The van der Waals surface area contributed by atoms with Crippen LogP contribution in [-0.2, 0) is 6.61 Å². The number of hydrogen-bond acceptors (Lipinski definition) is 6. The molecule has 0 bridgehead atoms. The Balaban J connectivity index is 1.48. The van der Waals surface area contributed by atoms with Crippen LogP contribution in [-0.4, -0.2) is 18.1 Å². The van der Waals surface area contributed by atoms with Gasteiger partial charge in [0.15, 0.2) is 5.76 Å².